The average molecular weight is 283 g/mol. The Morgan fingerprint density at radius 3 is 2.25 bits per heavy atom. The molecule has 88 valence electrons. The number of nitrogens with one attached hydrogen (secondary N) is 1. The lowest BCUT2D eigenvalue weighted by molar-refractivity contribution is -0.118. The number of halogens is 3. The monoisotopic (exact) mass is 281 g/mol. The molecule has 1 aromatic rings. The molecule has 0 aliphatic rings. The van der Waals surface area contributed by atoms with Crippen LogP contribution in [0.1, 0.15) is 0 Å². The second-order valence-electron chi connectivity index (χ2n) is 3.13. The van der Waals surface area contributed by atoms with Crippen LogP contribution in [-0.4, -0.2) is 18.5 Å². The first-order valence-corrected chi connectivity index (χ1v) is 5.48. The van der Waals surface area contributed by atoms with E-state index in [-0.39, 0.29) is 6.54 Å². The highest BCUT2D eigenvalue weighted by Crippen LogP contribution is 2.33. The lowest BCUT2D eigenvalue weighted by atomic mass is 10.2. The summed E-state index contributed by atoms with van der Waals surface area (Å²) < 4.78 is 0. The van der Waals surface area contributed by atoms with Crippen molar-refractivity contribution >= 4 is 46.4 Å². The largest absolute Gasteiger partial charge is 0.381 e. The van der Waals surface area contributed by atoms with E-state index in [1.165, 1.54) is 12.1 Å². The lowest BCUT2D eigenvalue weighted by Gasteiger charge is -2.13. The number of anilines is 1. The molecular formula is C9H10Cl3N3O. The van der Waals surface area contributed by atoms with Gasteiger partial charge in [-0.05, 0) is 12.1 Å². The van der Waals surface area contributed by atoms with Crippen LogP contribution in [0.4, 0.5) is 5.69 Å². The van der Waals surface area contributed by atoms with Crippen LogP contribution in [0.5, 0.6) is 0 Å². The maximum absolute atomic E-state index is 10.7. The van der Waals surface area contributed by atoms with Crippen LogP contribution in [0.15, 0.2) is 12.1 Å². The van der Waals surface area contributed by atoms with Gasteiger partial charge in [0.05, 0.1) is 15.7 Å². The standard InChI is InChI=1S/C9H10Cl3N3O/c10-4-1-5(11)8(6(12)2-4)15-3-7(13)9(14)16/h1-2,7,15H,3,13H2,(H2,14,16). The lowest BCUT2D eigenvalue weighted by Crippen LogP contribution is -2.41. The van der Waals surface area contributed by atoms with Gasteiger partial charge in [-0.3, -0.25) is 4.79 Å². The van der Waals surface area contributed by atoms with Gasteiger partial charge in [0.15, 0.2) is 0 Å². The molecule has 0 aliphatic heterocycles. The Morgan fingerprint density at radius 2 is 1.81 bits per heavy atom. The van der Waals surface area contributed by atoms with Gasteiger partial charge in [0.1, 0.15) is 6.04 Å². The summed E-state index contributed by atoms with van der Waals surface area (Å²) in [5, 5.41) is 3.98. The Hall–Kier alpha value is -0.680. The van der Waals surface area contributed by atoms with Gasteiger partial charge in [0, 0.05) is 11.6 Å². The summed E-state index contributed by atoms with van der Waals surface area (Å²) in [5.74, 6) is -0.603. The van der Waals surface area contributed by atoms with Crippen molar-refractivity contribution < 1.29 is 4.79 Å². The second-order valence-corrected chi connectivity index (χ2v) is 4.39. The summed E-state index contributed by atoms with van der Waals surface area (Å²) >= 11 is 17.6. The molecule has 1 rings (SSSR count). The zero-order valence-electron chi connectivity index (χ0n) is 8.14. The molecule has 0 radical (unpaired) electrons. The van der Waals surface area contributed by atoms with Crippen LogP contribution in [0.3, 0.4) is 0 Å². The SMILES string of the molecule is NC(=O)C(N)CNc1c(Cl)cc(Cl)cc1Cl. The van der Waals surface area contributed by atoms with Crippen LogP contribution in [0, 0.1) is 0 Å². The van der Waals surface area contributed by atoms with E-state index in [0.29, 0.717) is 20.8 Å². The van der Waals surface area contributed by atoms with Crippen molar-refractivity contribution in [1.82, 2.24) is 0 Å². The number of hydrogen-bond acceptors (Lipinski definition) is 3. The van der Waals surface area contributed by atoms with E-state index in [2.05, 4.69) is 5.32 Å². The zero-order valence-corrected chi connectivity index (χ0v) is 10.4. The van der Waals surface area contributed by atoms with Crippen LogP contribution in [-0.2, 0) is 4.79 Å². The molecule has 1 aromatic carbocycles. The number of nitrogens with two attached hydrogens (primary N) is 2. The van der Waals surface area contributed by atoms with Gasteiger partial charge in [-0.25, -0.2) is 0 Å². The first-order valence-electron chi connectivity index (χ1n) is 4.35. The van der Waals surface area contributed by atoms with E-state index in [0.717, 1.165) is 0 Å². The van der Waals surface area contributed by atoms with Crippen molar-refractivity contribution in [3.8, 4) is 0 Å². The Bertz CT molecular complexity index is 388. The van der Waals surface area contributed by atoms with Crippen LogP contribution in [0.25, 0.3) is 0 Å². The molecule has 0 saturated heterocycles. The number of carbonyl (C=O) groups is 1. The van der Waals surface area contributed by atoms with Gasteiger partial charge in [-0.2, -0.15) is 0 Å². The molecule has 16 heavy (non-hydrogen) atoms. The van der Waals surface area contributed by atoms with Crippen LogP contribution >= 0.6 is 34.8 Å². The normalized spacial score (nSPS) is 12.2. The fourth-order valence-electron chi connectivity index (χ4n) is 1.02. The summed E-state index contributed by atoms with van der Waals surface area (Å²) in [5.41, 5.74) is 10.9. The highest BCUT2D eigenvalue weighted by atomic mass is 35.5. The molecule has 0 spiro atoms. The Kier molecular flexibility index (Phi) is 4.68. The Morgan fingerprint density at radius 1 is 1.31 bits per heavy atom. The van der Waals surface area contributed by atoms with Gasteiger partial charge in [-0.15, -0.1) is 0 Å². The third-order valence-corrected chi connectivity index (χ3v) is 2.69. The molecule has 0 bridgehead atoms. The number of hydrogen-bond donors (Lipinski definition) is 3. The molecule has 0 aliphatic carbocycles. The van der Waals surface area contributed by atoms with E-state index >= 15 is 0 Å². The third kappa shape index (κ3) is 3.42. The number of benzene rings is 1. The molecule has 5 N–H and O–H groups in total. The van der Waals surface area contributed by atoms with E-state index in [1.807, 2.05) is 0 Å². The van der Waals surface area contributed by atoms with Crippen molar-refractivity contribution in [2.75, 3.05) is 11.9 Å². The number of primary amides is 1. The van der Waals surface area contributed by atoms with Gasteiger partial charge in [0.25, 0.3) is 0 Å². The number of amides is 1. The summed E-state index contributed by atoms with van der Waals surface area (Å²) in [6.07, 6.45) is 0. The maximum atomic E-state index is 10.7. The quantitative estimate of drug-likeness (QED) is 0.788. The number of rotatable bonds is 4. The predicted octanol–water partition coefficient (Wildman–Crippen LogP) is 1.87. The van der Waals surface area contributed by atoms with E-state index in [9.17, 15) is 4.79 Å². The fourth-order valence-corrected chi connectivity index (χ4v) is 1.97. The molecular weight excluding hydrogens is 272 g/mol. The molecule has 1 amide bonds. The summed E-state index contributed by atoms with van der Waals surface area (Å²) in [4.78, 5) is 10.7. The highest BCUT2D eigenvalue weighted by Gasteiger charge is 2.12. The molecule has 4 nitrogen and oxygen atoms in total. The minimum absolute atomic E-state index is 0.149. The summed E-state index contributed by atoms with van der Waals surface area (Å²) in [6.45, 7) is 0.149. The Labute approximate surface area is 108 Å². The topological polar surface area (TPSA) is 81.1 Å². The smallest absolute Gasteiger partial charge is 0.236 e. The maximum Gasteiger partial charge on any atom is 0.236 e. The minimum atomic E-state index is -0.803. The van der Waals surface area contributed by atoms with Crippen molar-refractivity contribution in [3.63, 3.8) is 0 Å². The first kappa shape index (κ1) is 13.4. The van der Waals surface area contributed by atoms with Crippen molar-refractivity contribution in [3.05, 3.63) is 27.2 Å². The van der Waals surface area contributed by atoms with E-state index < -0.39 is 11.9 Å². The highest BCUT2D eigenvalue weighted by molar-refractivity contribution is 6.41. The van der Waals surface area contributed by atoms with E-state index in [1.54, 1.807) is 0 Å². The minimum Gasteiger partial charge on any atom is -0.381 e. The molecule has 0 heterocycles. The van der Waals surface area contributed by atoms with Gasteiger partial charge >= 0.3 is 0 Å². The summed E-state index contributed by atoms with van der Waals surface area (Å²) in [7, 11) is 0. The number of carbonyl (C=O) groups excluding carboxylic acids is 1. The molecule has 1 atom stereocenters. The fraction of sp³-hybridized carbons (Fsp3) is 0.222. The zero-order chi connectivity index (χ0) is 12.3. The second kappa shape index (κ2) is 5.59. The van der Waals surface area contributed by atoms with Crippen molar-refractivity contribution in [2.24, 2.45) is 11.5 Å². The van der Waals surface area contributed by atoms with E-state index in [4.69, 9.17) is 46.3 Å². The van der Waals surface area contributed by atoms with Crippen LogP contribution in [0.2, 0.25) is 15.1 Å². The predicted molar refractivity (Wildman–Crippen MR) is 67.1 cm³/mol. The Balaban J connectivity index is 2.78. The molecule has 0 fully saturated rings. The summed E-state index contributed by atoms with van der Waals surface area (Å²) in [6, 6.07) is 2.27. The molecule has 1 unspecified atom stereocenters. The average Bonchev–Trinajstić information content (AvgIpc) is 2.15. The third-order valence-electron chi connectivity index (χ3n) is 1.87. The molecule has 7 heteroatoms. The molecule has 0 aromatic heterocycles. The van der Waals surface area contributed by atoms with Gasteiger partial charge in [0.2, 0.25) is 5.91 Å². The van der Waals surface area contributed by atoms with Crippen LogP contribution < -0.4 is 16.8 Å². The van der Waals surface area contributed by atoms with Crippen molar-refractivity contribution in [1.29, 1.82) is 0 Å². The van der Waals surface area contributed by atoms with Gasteiger partial charge < -0.3 is 16.8 Å². The molecule has 0 saturated carbocycles. The first-order chi connectivity index (χ1) is 7.41. The van der Waals surface area contributed by atoms with Crippen molar-refractivity contribution in [2.45, 2.75) is 6.04 Å². The van der Waals surface area contributed by atoms with Gasteiger partial charge in [-0.1, -0.05) is 34.8 Å².